The van der Waals surface area contributed by atoms with Gasteiger partial charge in [-0.2, -0.15) is 0 Å². The molecule has 0 saturated carbocycles. The van der Waals surface area contributed by atoms with Crippen molar-refractivity contribution in [3.63, 3.8) is 0 Å². The molecule has 19 heavy (non-hydrogen) atoms. The van der Waals surface area contributed by atoms with Gasteiger partial charge in [0.2, 0.25) is 0 Å². The summed E-state index contributed by atoms with van der Waals surface area (Å²) in [5.41, 5.74) is 0.237. The Balaban J connectivity index is 0.00000180. The minimum absolute atomic E-state index is 0. The molecule has 0 aliphatic rings. The number of hydrogen-bond acceptors (Lipinski definition) is 3. The monoisotopic (exact) mass is 274 g/mol. The van der Waals surface area contributed by atoms with Crippen LogP contribution in [0, 0.1) is 0 Å². The third-order valence-corrected chi connectivity index (χ3v) is 3.15. The number of unbranched alkanes of at least 4 members (excludes halogenated alkanes) is 3. The van der Waals surface area contributed by atoms with Crippen LogP contribution in [-0.2, 0) is 13.6 Å². The van der Waals surface area contributed by atoms with Crippen molar-refractivity contribution < 1.29 is 31.0 Å². The molecule has 0 fully saturated rings. The van der Waals surface area contributed by atoms with Crippen molar-refractivity contribution in [3.8, 4) is 0 Å². The number of nitrogens with one attached hydrogen (secondary N) is 1. The maximum atomic E-state index is 12.1. The molecule has 0 aliphatic heterocycles. The summed E-state index contributed by atoms with van der Waals surface area (Å²) in [5, 5.41) is 0. The fraction of sp³-hybridized carbons (Fsp3) is 0.583. The van der Waals surface area contributed by atoms with Crippen LogP contribution >= 0.6 is 0 Å². The predicted molar refractivity (Wildman–Crippen MR) is 70.8 cm³/mol. The molecule has 6 nitrogen and oxygen atoms in total. The van der Waals surface area contributed by atoms with Crippen molar-refractivity contribution in [1.82, 2.24) is 19.1 Å². The Kier molecular flexibility index (Phi) is 6.03. The molecular weight excluding hydrogens is 255 g/mol. The van der Waals surface area contributed by atoms with Crippen LogP contribution in [0.4, 0.5) is 0 Å². The quantitative estimate of drug-likeness (QED) is 0.512. The Hall–Kier alpha value is -0.850. The molecule has 0 saturated heterocycles. The van der Waals surface area contributed by atoms with E-state index in [1.165, 1.54) is 15.5 Å². The third-order valence-electron chi connectivity index (χ3n) is 3.15. The van der Waals surface area contributed by atoms with Crippen LogP contribution in [0.5, 0.6) is 0 Å². The molecule has 2 rings (SSSR count). The molecule has 1 N–H and O–H groups in total. The minimum Gasteiger partial charge on any atom is -1.00 e. The first-order chi connectivity index (χ1) is 8.66. The molecule has 2 aromatic rings. The number of aromatic nitrogens is 4. The zero-order chi connectivity index (χ0) is 13.1. The maximum Gasteiger partial charge on any atom is 1.00 e. The van der Waals surface area contributed by atoms with Crippen LogP contribution in [0.1, 0.15) is 34.0 Å². The van der Waals surface area contributed by atoms with Crippen molar-refractivity contribution in [3.05, 3.63) is 27.2 Å². The summed E-state index contributed by atoms with van der Waals surface area (Å²) in [6.07, 6.45) is 5.58. The van der Waals surface area contributed by atoms with Gasteiger partial charge in [-0.25, -0.2) is 9.78 Å². The molecule has 0 atom stereocenters. The first-order valence-electron chi connectivity index (χ1n) is 6.29. The molecule has 0 aliphatic carbocycles. The summed E-state index contributed by atoms with van der Waals surface area (Å²) >= 11 is 0. The summed E-state index contributed by atoms with van der Waals surface area (Å²) in [6, 6.07) is 0. The van der Waals surface area contributed by atoms with E-state index >= 15 is 0 Å². The van der Waals surface area contributed by atoms with Gasteiger partial charge in [-0.05, 0) is 6.42 Å². The molecular formula is C12H19N4NaO2. The van der Waals surface area contributed by atoms with Gasteiger partial charge in [-0.15, -0.1) is 0 Å². The molecule has 7 heteroatoms. The minimum atomic E-state index is -0.295. The number of H-pyrrole nitrogens is 1. The van der Waals surface area contributed by atoms with E-state index in [1.807, 2.05) is 0 Å². The first-order valence-corrected chi connectivity index (χ1v) is 6.29. The molecule has 2 heterocycles. The average molecular weight is 274 g/mol. The predicted octanol–water partition coefficient (Wildman–Crippen LogP) is -1.88. The van der Waals surface area contributed by atoms with Crippen molar-refractivity contribution in [2.24, 2.45) is 7.05 Å². The smallest absolute Gasteiger partial charge is 1.00 e. The average Bonchev–Trinajstić information content (AvgIpc) is 2.85. The number of nitrogens with zero attached hydrogens (tertiary/aromatic N) is 3. The third kappa shape index (κ3) is 3.19. The van der Waals surface area contributed by atoms with Gasteiger partial charge in [0.05, 0.1) is 6.33 Å². The Bertz CT molecular complexity index is 662. The second-order valence-electron chi connectivity index (χ2n) is 4.46. The fourth-order valence-corrected chi connectivity index (χ4v) is 2.09. The number of rotatable bonds is 5. The van der Waals surface area contributed by atoms with E-state index in [1.54, 1.807) is 7.05 Å². The van der Waals surface area contributed by atoms with Crippen LogP contribution in [0.15, 0.2) is 15.9 Å². The topological polar surface area (TPSA) is 72.7 Å². The van der Waals surface area contributed by atoms with E-state index in [9.17, 15) is 9.59 Å². The van der Waals surface area contributed by atoms with Crippen LogP contribution in [0.25, 0.3) is 11.2 Å². The van der Waals surface area contributed by atoms with Crippen molar-refractivity contribution in [2.45, 2.75) is 39.2 Å². The van der Waals surface area contributed by atoms with Crippen LogP contribution in [0.3, 0.4) is 0 Å². The number of aryl methyl sites for hydroxylation is 1. The zero-order valence-corrected chi connectivity index (χ0v) is 13.8. The Morgan fingerprint density at radius 1 is 1.32 bits per heavy atom. The van der Waals surface area contributed by atoms with Gasteiger partial charge in [0.25, 0.3) is 5.56 Å². The summed E-state index contributed by atoms with van der Waals surface area (Å²) < 4.78 is 2.70. The van der Waals surface area contributed by atoms with Gasteiger partial charge >= 0.3 is 35.2 Å². The van der Waals surface area contributed by atoms with E-state index in [4.69, 9.17) is 0 Å². The summed E-state index contributed by atoms with van der Waals surface area (Å²) in [5.74, 6) is 0. The van der Waals surface area contributed by atoms with E-state index in [-0.39, 0.29) is 42.2 Å². The van der Waals surface area contributed by atoms with Crippen LogP contribution in [-0.4, -0.2) is 19.1 Å². The number of imidazole rings is 1. The molecule has 0 radical (unpaired) electrons. The van der Waals surface area contributed by atoms with Crippen LogP contribution < -0.4 is 40.8 Å². The fourth-order valence-electron chi connectivity index (χ4n) is 2.09. The molecule has 0 spiro atoms. The van der Waals surface area contributed by atoms with Gasteiger partial charge < -0.3 is 6.41 Å². The first kappa shape index (κ1) is 16.2. The SMILES string of the molecule is CCCCCCn1c(=O)c2[nH]cnc2n(C)c1=O.[H-].[Na+]. The van der Waals surface area contributed by atoms with Crippen molar-refractivity contribution >= 4 is 11.2 Å². The molecule has 0 bridgehead atoms. The molecule has 100 valence electrons. The Labute approximate surface area is 134 Å². The maximum absolute atomic E-state index is 12.1. The second-order valence-corrected chi connectivity index (χ2v) is 4.46. The van der Waals surface area contributed by atoms with E-state index in [2.05, 4.69) is 16.9 Å². The standard InChI is InChI=1S/C12H18N4O2.Na.H/c1-3-4-5-6-7-16-11(17)9-10(14-8-13-9)15(2)12(16)18;;/h8H,3-7H2,1-2H3,(H,13,14);;/q;+1;-1. The largest absolute Gasteiger partial charge is 1.00 e. The van der Waals surface area contributed by atoms with Gasteiger partial charge in [0.1, 0.15) is 5.52 Å². The molecule has 2 aromatic heterocycles. The Morgan fingerprint density at radius 2 is 2.05 bits per heavy atom. The summed E-state index contributed by atoms with van der Waals surface area (Å²) in [7, 11) is 1.63. The Morgan fingerprint density at radius 3 is 2.74 bits per heavy atom. The number of hydrogen-bond donors (Lipinski definition) is 1. The van der Waals surface area contributed by atoms with Gasteiger partial charge in [-0.1, -0.05) is 26.2 Å². The summed E-state index contributed by atoms with van der Waals surface area (Å²) in [6.45, 7) is 2.60. The van der Waals surface area contributed by atoms with Crippen molar-refractivity contribution in [1.29, 1.82) is 0 Å². The van der Waals surface area contributed by atoms with Gasteiger partial charge in [-0.3, -0.25) is 13.9 Å². The zero-order valence-electron chi connectivity index (χ0n) is 12.8. The second kappa shape index (κ2) is 7.07. The van der Waals surface area contributed by atoms with Gasteiger partial charge in [0.15, 0.2) is 5.65 Å². The van der Waals surface area contributed by atoms with E-state index in [0.717, 1.165) is 25.7 Å². The van der Waals surface area contributed by atoms with Crippen LogP contribution in [0.2, 0.25) is 0 Å². The van der Waals surface area contributed by atoms with Crippen molar-refractivity contribution in [2.75, 3.05) is 0 Å². The van der Waals surface area contributed by atoms with Gasteiger partial charge in [0, 0.05) is 13.6 Å². The normalized spacial score (nSPS) is 10.6. The molecule has 0 aromatic carbocycles. The summed E-state index contributed by atoms with van der Waals surface area (Å²) in [4.78, 5) is 30.9. The number of aromatic amines is 1. The van der Waals surface area contributed by atoms with E-state index in [0.29, 0.717) is 17.7 Å². The number of fused-ring (bicyclic) bond motifs is 1. The van der Waals surface area contributed by atoms with E-state index < -0.39 is 0 Å². The molecule has 0 amide bonds. The molecule has 0 unspecified atom stereocenters.